The van der Waals surface area contributed by atoms with Crippen molar-refractivity contribution in [2.24, 2.45) is 0 Å². The second-order valence-corrected chi connectivity index (χ2v) is 5.37. The Hall–Kier alpha value is -1.36. The Morgan fingerprint density at radius 1 is 1.38 bits per heavy atom. The van der Waals surface area contributed by atoms with E-state index >= 15 is 0 Å². The number of ether oxygens (including phenoxy) is 1. The molecule has 1 saturated heterocycles. The van der Waals surface area contributed by atoms with E-state index in [2.05, 4.69) is 4.74 Å². The molecule has 0 aliphatic carbocycles. The van der Waals surface area contributed by atoms with Crippen LogP contribution < -0.4 is 4.74 Å². The van der Waals surface area contributed by atoms with E-state index in [-0.39, 0.29) is 17.7 Å². The number of hydrogen-bond acceptors (Lipinski definition) is 2. The fraction of sp³-hybridized carbons (Fsp3) is 0.533. The van der Waals surface area contributed by atoms with Crippen LogP contribution in [-0.2, 0) is 0 Å². The molecule has 1 fully saturated rings. The molecule has 0 radical (unpaired) electrons. The minimum atomic E-state index is -2.90. The Morgan fingerprint density at radius 2 is 2.19 bits per heavy atom. The highest BCUT2D eigenvalue weighted by Crippen LogP contribution is 2.22. The minimum absolute atomic E-state index is 0.00124. The highest BCUT2D eigenvalue weighted by atomic mass is 35.5. The average Bonchev–Trinajstić information content (AvgIpc) is 2.71. The lowest BCUT2D eigenvalue weighted by Gasteiger charge is -2.28. The normalized spacial score (nSPS) is 19.4. The number of amides is 1. The minimum Gasteiger partial charge on any atom is -0.435 e. The molecule has 0 bridgehead atoms. The lowest BCUT2D eigenvalue weighted by molar-refractivity contribution is -0.0499. The topological polar surface area (TPSA) is 29.5 Å². The summed E-state index contributed by atoms with van der Waals surface area (Å²) in [6.07, 6.45) is 3.94. The molecule has 1 aliphatic heterocycles. The van der Waals surface area contributed by atoms with Crippen molar-refractivity contribution in [3.63, 3.8) is 0 Å². The Labute approximate surface area is 127 Å². The summed E-state index contributed by atoms with van der Waals surface area (Å²) in [5.41, 5.74) is 0.352. The standard InChI is InChI=1S/C15H18ClF2NO2/c16-10-12-6-2-1-3-8-19(12)14(20)11-5-4-7-13(9-11)21-15(17)18/h4-5,7,9,12,15H,1-3,6,8,10H2. The fourth-order valence-electron chi connectivity index (χ4n) is 2.58. The van der Waals surface area contributed by atoms with Crippen LogP contribution in [0, 0.1) is 0 Å². The van der Waals surface area contributed by atoms with Gasteiger partial charge in [-0.2, -0.15) is 8.78 Å². The molecule has 1 aliphatic rings. The van der Waals surface area contributed by atoms with Crippen LogP contribution >= 0.6 is 11.6 Å². The molecule has 2 rings (SSSR count). The molecule has 6 heteroatoms. The molecule has 1 amide bonds. The van der Waals surface area contributed by atoms with Crippen LogP contribution in [0.4, 0.5) is 8.78 Å². The summed E-state index contributed by atoms with van der Waals surface area (Å²) in [5, 5.41) is 0. The summed E-state index contributed by atoms with van der Waals surface area (Å²) < 4.78 is 28.8. The monoisotopic (exact) mass is 317 g/mol. The van der Waals surface area contributed by atoms with Crippen molar-refractivity contribution < 1.29 is 18.3 Å². The van der Waals surface area contributed by atoms with E-state index in [1.165, 1.54) is 12.1 Å². The number of nitrogens with zero attached hydrogens (tertiary/aromatic N) is 1. The van der Waals surface area contributed by atoms with Crippen molar-refractivity contribution >= 4 is 17.5 Å². The van der Waals surface area contributed by atoms with Crippen LogP contribution in [0.25, 0.3) is 0 Å². The van der Waals surface area contributed by atoms with Gasteiger partial charge in [0.2, 0.25) is 0 Å². The number of halogens is 3. The molecule has 0 aromatic heterocycles. The predicted octanol–water partition coefficient (Wildman–Crippen LogP) is 3.91. The van der Waals surface area contributed by atoms with Crippen molar-refractivity contribution in [1.29, 1.82) is 0 Å². The smallest absolute Gasteiger partial charge is 0.387 e. The molecular formula is C15H18ClF2NO2. The van der Waals surface area contributed by atoms with Crippen molar-refractivity contribution in [3.05, 3.63) is 29.8 Å². The molecule has 116 valence electrons. The van der Waals surface area contributed by atoms with Gasteiger partial charge >= 0.3 is 6.61 Å². The summed E-state index contributed by atoms with van der Waals surface area (Å²) >= 11 is 5.96. The molecule has 1 atom stereocenters. The van der Waals surface area contributed by atoms with Crippen molar-refractivity contribution in [1.82, 2.24) is 4.90 Å². The van der Waals surface area contributed by atoms with Crippen molar-refractivity contribution in [2.45, 2.75) is 38.3 Å². The molecular weight excluding hydrogens is 300 g/mol. The van der Waals surface area contributed by atoms with E-state index < -0.39 is 6.61 Å². The summed E-state index contributed by atoms with van der Waals surface area (Å²) in [6, 6.07) is 5.91. The molecule has 1 heterocycles. The average molecular weight is 318 g/mol. The van der Waals surface area contributed by atoms with Gasteiger partial charge in [-0.25, -0.2) is 0 Å². The number of carbonyl (C=O) groups is 1. The molecule has 1 aromatic carbocycles. The van der Waals surface area contributed by atoms with Gasteiger partial charge in [0.1, 0.15) is 5.75 Å². The summed E-state index contributed by atoms with van der Waals surface area (Å²) in [7, 11) is 0. The zero-order chi connectivity index (χ0) is 15.2. The van der Waals surface area contributed by atoms with E-state index in [4.69, 9.17) is 11.6 Å². The molecule has 3 nitrogen and oxygen atoms in total. The Bertz CT molecular complexity index is 484. The maximum Gasteiger partial charge on any atom is 0.387 e. The van der Waals surface area contributed by atoms with Crippen LogP contribution in [0.1, 0.15) is 36.0 Å². The number of rotatable bonds is 4. The molecule has 0 spiro atoms. The zero-order valence-corrected chi connectivity index (χ0v) is 12.4. The summed E-state index contributed by atoms with van der Waals surface area (Å²) in [4.78, 5) is 14.3. The van der Waals surface area contributed by atoms with Crippen LogP contribution in [0.3, 0.4) is 0 Å². The second-order valence-electron chi connectivity index (χ2n) is 5.06. The van der Waals surface area contributed by atoms with Gasteiger partial charge in [0.15, 0.2) is 0 Å². The largest absolute Gasteiger partial charge is 0.435 e. The quantitative estimate of drug-likeness (QED) is 0.788. The number of benzene rings is 1. The molecule has 1 aromatic rings. The SMILES string of the molecule is O=C(c1cccc(OC(F)F)c1)N1CCCCCC1CCl. The van der Waals surface area contributed by atoms with E-state index in [0.717, 1.165) is 25.7 Å². The highest BCUT2D eigenvalue weighted by Gasteiger charge is 2.25. The number of hydrogen-bond donors (Lipinski definition) is 0. The van der Waals surface area contributed by atoms with Crippen LogP contribution in [0.2, 0.25) is 0 Å². The maximum absolute atomic E-state index is 12.6. The zero-order valence-electron chi connectivity index (χ0n) is 11.6. The lowest BCUT2D eigenvalue weighted by atomic mass is 10.1. The van der Waals surface area contributed by atoms with Crippen LogP contribution in [0.5, 0.6) is 5.75 Å². The molecule has 21 heavy (non-hydrogen) atoms. The third-order valence-corrected chi connectivity index (χ3v) is 3.98. The Morgan fingerprint density at radius 3 is 2.90 bits per heavy atom. The van der Waals surface area contributed by atoms with E-state index in [0.29, 0.717) is 18.0 Å². The predicted molar refractivity (Wildman–Crippen MR) is 77.1 cm³/mol. The van der Waals surface area contributed by atoms with Gasteiger partial charge in [0.05, 0.1) is 0 Å². The summed E-state index contributed by atoms with van der Waals surface area (Å²) in [6.45, 7) is -2.25. The maximum atomic E-state index is 12.6. The second kappa shape index (κ2) is 7.59. The van der Waals surface area contributed by atoms with Gasteiger partial charge in [0.25, 0.3) is 5.91 Å². The van der Waals surface area contributed by atoms with E-state index in [1.807, 2.05) is 0 Å². The number of likely N-dealkylation sites (tertiary alicyclic amines) is 1. The first-order valence-electron chi connectivity index (χ1n) is 7.03. The first kappa shape index (κ1) is 16.0. The summed E-state index contributed by atoms with van der Waals surface area (Å²) in [5.74, 6) is 0.203. The van der Waals surface area contributed by atoms with Gasteiger partial charge in [-0.3, -0.25) is 4.79 Å². The van der Waals surface area contributed by atoms with Gasteiger partial charge in [-0.05, 0) is 31.0 Å². The third kappa shape index (κ3) is 4.30. The van der Waals surface area contributed by atoms with Crippen LogP contribution in [0.15, 0.2) is 24.3 Å². The van der Waals surface area contributed by atoms with Crippen molar-refractivity contribution in [3.8, 4) is 5.75 Å². The first-order valence-corrected chi connectivity index (χ1v) is 7.57. The number of alkyl halides is 3. The van der Waals surface area contributed by atoms with E-state index in [9.17, 15) is 13.6 Å². The molecule has 0 N–H and O–H groups in total. The third-order valence-electron chi connectivity index (χ3n) is 3.62. The first-order chi connectivity index (χ1) is 10.1. The van der Waals surface area contributed by atoms with Crippen molar-refractivity contribution in [2.75, 3.05) is 12.4 Å². The van der Waals surface area contributed by atoms with E-state index in [1.54, 1.807) is 17.0 Å². The number of carbonyl (C=O) groups excluding carboxylic acids is 1. The Kier molecular flexibility index (Phi) is 5.79. The van der Waals surface area contributed by atoms with Gasteiger partial charge in [-0.1, -0.05) is 18.9 Å². The van der Waals surface area contributed by atoms with Gasteiger partial charge in [-0.15, -0.1) is 11.6 Å². The lowest BCUT2D eigenvalue weighted by Crippen LogP contribution is -2.41. The molecule has 0 saturated carbocycles. The molecule has 1 unspecified atom stereocenters. The fourth-order valence-corrected chi connectivity index (χ4v) is 2.90. The Balaban J connectivity index is 2.17. The van der Waals surface area contributed by atoms with Gasteiger partial charge in [0, 0.05) is 24.0 Å². The van der Waals surface area contributed by atoms with Gasteiger partial charge < -0.3 is 9.64 Å². The van der Waals surface area contributed by atoms with Crippen LogP contribution in [-0.4, -0.2) is 35.9 Å². The highest BCUT2D eigenvalue weighted by molar-refractivity contribution is 6.18.